The second-order valence-corrected chi connectivity index (χ2v) is 6.73. The molecule has 4 nitrogen and oxygen atoms in total. The van der Waals surface area contributed by atoms with Crippen LogP contribution in [-0.4, -0.2) is 61.0 Å². The molecule has 4 heteroatoms. The summed E-state index contributed by atoms with van der Waals surface area (Å²) in [6.45, 7) is 12.7. The van der Waals surface area contributed by atoms with Crippen LogP contribution in [0.3, 0.4) is 0 Å². The van der Waals surface area contributed by atoms with Crippen molar-refractivity contribution in [2.75, 3.05) is 39.3 Å². The van der Waals surface area contributed by atoms with E-state index in [4.69, 9.17) is 0 Å². The number of rotatable bonds is 6. The number of nitrogens with one attached hydrogen (secondary N) is 1. The minimum absolute atomic E-state index is 0.120. The molecular weight excluding hydrogens is 262 g/mol. The Morgan fingerprint density at radius 3 is 2.67 bits per heavy atom. The topological polar surface area (TPSA) is 35.6 Å². The Morgan fingerprint density at radius 1 is 1.33 bits per heavy atom. The molecule has 0 saturated carbocycles. The number of carbonyl (C=O) groups is 1. The second kappa shape index (κ2) is 7.59. The van der Waals surface area contributed by atoms with Gasteiger partial charge in [-0.1, -0.05) is 27.2 Å². The highest BCUT2D eigenvalue weighted by atomic mass is 16.2. The molecule has 2 unspecified atom stereocenters. The first-order chi connectivity index (χ1) is 10.2. The normalized spacial score (nSPS) is 30.1. The zero-order valence-corrected chi connectivity index (χ0v) is 14.2. The van der Waals surface area contributed by atoms with E-state index in [1.54, 1.807) is 0 Å². The molecule has 0 aromatic carbocycles. The fraction of sp³-hybridized carbons (Fsp3) is 0.941. The van der Waals surface area contributed by atoms with E-state index in [0.29, 0.717) is 11.9 Å². The van der Waals surface area contributed by atoms with Crippen molar-refractivity contribution in [2.24, 2.45) is 5.41 Å². The Balaban J connectivity index is 2.01. The SMILES string of the molecule is CCCC1(C(=O)N2CCC(N(CC)CC)C2)CCCNC1. The molecular formula is C17H33N3O. The van der Waals surface area contributed by atoms with Gasteiger partial charge in [0.25, 0.3) is 0 Å². The van der Waals surface area contributed by atoms with Crippen LogP contribution in [0.5, 0.6) is 0 Å². The first kappa shape index (κ1) is 16.8. The largest absolute Gasteiger partial charge is 0.341 e. The number of amides is 1. The number of likely N-dealkylation sites (tertiary alicyclic amines) is 1. The van der Waals surface area contributed by atoms with Gasteiger partial charge in [-0.25, -0.2) is 0 Å². The van der Waals surface area contributed by atoms with Crippen molar-refractivity contribution in [1.82, 2.24) is 15.1 Å². The molecule has 1 amide bonds. The van der Waals surface area contributed by atoms with Crippen LogP contribution in [0, 0.1) is 5.41 Å². The summed E-state index contributed by atoms with van der Waals surface area (Å²) in [5.41, 5.74) is -0.120. The number of nitrogens with zero attached hydrogens (tertiary/aromatic N) is 2. The number of piperidine rings is 1. The van der Waals surface area contributed by atoms with E-state index in [1.807, 2.05) is 0 Å². The molecule has 2 saturated heterocycles. The van der Waals surface area contributed by atoms with E-state index >= 15 is 0 Å². The molecule has 122 valence electrons. The molecule has 2 atom stereocenters. The Bertz CT molecular complexity index is 329. The summed E-state index contributed by atoms with van der Waals surface area (Å²) in [6.07, 6.45) is 5.48. The number of hydrogen-bond donors (Lipinski definition) is 1. The van der Waals surface area contributed by atoms with Gasteiger partial charge < -0.3 is 10.2 Å². The van der Waals surface area contributed by atoms with Gasteiger partial charge in [0.05, 0.1) is 5.41 Å². The fourth-order valence-corrected chi connectivity index (χ4v) is 4.25. The van der Waals surface area contributed by atoms with Crippen LogP contribution < -0.4 is 5.32 Å². The molecule has 2 fully saturated rings. The molecule has 0 spiro atoms. The number of likely N-dealkylation sites (N-methyl/N-ethyl adjacent to an activating group) is 1. The van der Waals surface area contributed by atoms with Gasteiger partial charge in [-0.2, -0.15) is 0 Å². The smallest absolute Gasteiger partial charge is 0.230 e. The Hall–Kier alpha value is -0.610. The van der Waals surface area contributed by atoms with Crippen LogP contribution in [0.2, 0.25) is 0 Å². The van der Waals surface area contributed by atoms with Crippen molar-refractivity contribution < 1.29 is 4.79 Å². The maximum atomic E-state index is 13.1. The third kappa shape index (κ3) is 3.59. The third-order valence-corrected chi connectivity index (χ3v) is 5.43. The molecule has 1 N–H and O–H groups in total. The zero-order chi connectivity index (χ0) is 15.3. The molecule has 0 bridgehead atoms. The molecule has 21 heavy (non-hydrogen) atoms. The minimum Gasteiger partial charge on any atom is -0.341 e. The number of hydrogen-bond acceptors (Lipinski definition) is 3. The van der Waals surface area contributed by atoms with Crippen LogP contribution in [0.1, 0.15) is 52.9 Å². The van der Waals surface area contributed by atoms with Crippen LogP contribution >= 0.6 is 0 Å². The molecule has 0 aromatic rings. The van der Waals surface area contributed by atoms with Crippen LogP contribution in [-0.2, 0) is 4.79 Å². The molecule has 2 aliphatic rings. The van der Waals surface area contributed by atoms with Crippen LogP contribution in [0.25, 0.3) is 0 Å². The summed E-state index contributed by atoms with van der Waals surface area (Å²) in [7, 11) is 0. The van der Waals surface area contributed by atoms with E-state index in [2.05, 4.69) is 35.9 Å². The predicted octanol–water partition coefficient (Wildman–Crippen LogP) is 2.10. The summed E-state index contributed by atoms with van der Waals surface area (Å²) in [5, 5.41) is 3.46. The third-order valence-electron chi connectivity index (χ3n) is 5.43. The van der Waals surface area contributed by atoms with Gasteiger partial charge in [0.1, 0.15) is 0 Å². The van der Waals surface area contributed by atoms with E-state index in [-0.39, 0.29) is 5.41 Å². The molecule has 0 radical (unpaired) electrons. The summed E-state index contributed by atoms with van der Waals surface area (Å²) in [4.78, 5) is 17.8. The van der Waals surface area contributed by atoms with Gasteiger partial charge in [-0.05, 0) is 45.3 Å². The summed E-state index contributed by atoms with van der Waals surface area (Å²) in [6, 6.07) is 0.569. The fourth-order valence-electron chi connectivity index (χ4n) is 4.25. The highest BCUT2D eigenvalue weighted by Crippen LogP contribution is 2.35. The van der Waals surface area contributed by atoms with Crippen molar-refractivity contribution in [2.45, 2.75) is 58.9 Å². The van der Waals surface area contributed by atoms with Gasteiger partial charge >= 0.3 is 0 Å². The highest BCUT2D eigenvalue weighted by molar-refractivity contribution is 5.83. The van der Waals surface area contributed by atoms with Gasteiger partial charge in [-0.3, -0.25) is 9.69 Å². The lowest BCUT2D eigenvalue weighted by atomic mass is 9.76. The predicted molar refractivity (Wildman–Crippen MR) is 87.4 cm³/mol. The zero-order valence-electron chi connectivity index (χ0n) is 14.2. The van der Waals surface area contributed by atoms with Gasteiger partial charge in [-0.15, -0.1) is 0 Å². The summed E-state index contributed by atoms with van der Waals surface area (Å²) in [5.74, 6) is 0.422. The van der Waals surface area contributed by atoms with Crippen molar-refractivity contribution >= 4 is 5.91 Å². The average molecular weight is 295 g/mol. The van der Waals surface area contributed by atoms with Gasteiger partial charge in [0, 0.05) is 25.7 Å². The monoisotopic (exact) mass is 295 g/mol. The molecule has 0 aliphatic carbocycles. The Kier molecular flexibility index (Phi) is 6.06. The standard InChI is InChI=1S/C17H33N3O/c1-4-9-17(10-7-11-18-14-17)16(21)20-12-8-15(13-20)19(5-2)6-3/h15,18H,4-14H2,1-3H3. The highest BCUT2D eigenvalue weighted by Gasteiger charge is 2.43. The van der Waals surface area contributed by atoms with E-state index in [0.717, 1.165) is 71.4 Å². The van der Waals surface area contributed by atoms with Crippen molar-refractivity contribution in [1.29, 1.82) is 0 Å². The molecule has 2 heterocycles. The first-order valence-electron chi connectivity index (χ1n) is 8.91. The summed E-state index contributed by atoms with van der Waals surface area (Å²) < 4.78 is 0. The van der Waals surface area contributed by atoms with Crippen LogP contribution in [0.4, 0.5) is 0 Å². The second-order valence-electron chi connectivity index (χ2n) is 6.73. The minimum atomic E-state index is -0.120. The molecule has 2 rings (SSSR count). The average Bonchev–Trinajstić information content (AvgIpc) is 2.99. The lowest BCUT2D eigenvalue weighted by Crippen LogP contribution is -2.52. The van der Waals surface area contributed by atoms with Crippen molar-refractivity contribution in [3.05, 3.63) is 0 Å². The molecule has 0 aromatic heterocycles. The number of carbonyl (C=O) groups excluding carboxylic acids is 1. The Morgan fingerprint density at radius 2 is 2.10 bits per heavy atom. The van der Waals surface area contributed by atoms with Crippen molar-refractivity contribution in [3.8, 4) is 0 Å². The maximum Gasteiger partial charge on any atom is 0.230 e. The van der Waals surface area contributed by atoms with Gasteiger partial charge in [0.2, 0.25) is 5.91 Å². The first-order valence-corrected chi connectivity index (χ1v) is 8.91. The molecule has 2 aliphatic heterocycles. The quantitative estimate of drug-likeness (QED) is 0.815. The summed E-state index contributed by atoms with van der Waals surface area (Å²) >= 11 is 0. The lowest BCUT2D eigenvalue weighted by Gasteiger charge is -2.39. The van der Waals surface area contributed by atoms with Crippen LogP contribution in [0.15, 0.2) is 0 Å². The lowest BCUT2D eigenvalue weighted by molar-refractivity contribution is -0.143. The Labute approximate surface area is 130 Å². The van der Waals surface area contributed by atoms with E-state index < -0.39 is 0 Å². The van der Waals surface area contributed by atoms with Gasteiger partial charge in [0.15, 0.2) is 0 Å². The van der Waals surface area contributed by atoms with E-state index in [1.165, 1.54) is 0 Å². The van der Waals surface area contributed by atoms with Crippen molar-refractivity contribution in [3.63, 3.8) is 0 Å². The van der Waals surface area contributed by atoms with E-state index in [9.17, 15) is 4.79 Å². The maximum absolute atomic E-state index is 13.1.